The number of likely N-dealkylation sites (N-methyl/N-ethyl adjacent to an activating group) is 1. The summed E-state index contributed by atoms with van der Waals surface area (Å²) in [6.45, 7) is 13.6. The van der Waals surface area contributed by atoms with Crippen LogP contribution in [0.1, 0.15) is 31.3 Å². The van der Waals surface area contributed by atoms with Crippen LogP contribution in [0.15, 0.2) is 42.6 Å². The van der Waals surface area contributed by atoms with Crippen LogP contribution in [0.25, 0.3) is 0 Å². The number of anilines is 3. The van der Waals surface area contributed by atoms with Gasteiger partial charge in [0.2, 0.25) is 0 Å². The Hall–Kier alpha value is -2.60. The van der Waals surface area contributed by atoms with E-state index in [9.17, 15) is 4.79 Å². The van der Waals surface area contributed by atoms with Crippen molar-refractivity contribution in [1.29, 1.82) is 0 Å². The van der Waals surface area contributed by atoms with Gasteiger partial charge in [-0.2, -0.15) is 0 Å². The molecule has 1 amide bonds. The molecule has 1 aliphatic rings. The summed E-state index contributed by atoms with van der Waals surface area (Å²) in [5.74, 6) is -0.176. The van der Waals surface area contributed by atoms with Gasteiger partial charge >= 0.3 is 0 Å². The average molecular weight is 382 g/mol. The molecule has 6 heteroatoms. The van der Waals surface area contributed by atoms with Gasteiger partial charge < -0.3 is 20.0 Å². The first kappa shape index (κ1) is 20.1. The van der Waals surface area contributed by atoms with Crippen molar-refractivity contribution < 1.29 is 4.79 Å². The van der Waals surface area contributed by atoms with Crippen LogP contribution in [-0.4, -0.2) is 61.6 Å². The van der Waals surface area contributed by atoms with Gasteiger partial charge in [-0.25, -0.2) is 0 Å². The minimum absolute atomic E-state index is 0.176. The van der Waals surface area contributed by atoms with E-state index in [4.69, 9.17) is 0 Å². The van der Waals surface area contributed by atoms with Gasteiger partial charge in [0.1, 0.15) is 5.69 Å². The molecule has 1 aliphatic heterocycles. The predicted octanol–water partition coefficient (Wildman–Crippen LogP) is 3.32. The number of aromatic nitrogens is 1. The zero-order valence-corrected chi connectivity index (χ0v) is 17.2. The molecule has 1 aromatic carbocycles. The fourth-order valence-electron chi connectivity index (χ4n) is 3.60. The molecule has 0 spiro atoms. The lowest BCUT2D eigenvalue weighted by molar-refractivity contribution is 0.102. The Balaban J connectivity index is 1.65. The maximum atomic E-state index is 12.7. The van der Waals surface area contributed by atoms with Crippen LogP contribution >= 0.6 is 0 Å². The number of nitrogens with zero attached hydrogens (tertiary/aromatic N) is 4. The van der Waals surface area contributed by atoms with E-state index >= 15 is 0 Å². The van der Waals surface area contributed by atoms with Crippen molar-refractivity contribution in [1.82, 2.24) is 9.88 Å². The lowest BCUT2D eigenvalue weighted by Crippen LogP contribution is -2.46. The van der Waals surface area contributed by atoms with Crippen molar-refractivity contribution in [2.75, 3.05) is 60.9 Å². The van der Waals surface area contributed by atoms with E-state index in [0.717, 1.165) is 62.9 Å². The van der Waals surface area contributed by atoms with Crippen molar-refractivity contribution in [2.45, 2.75) is 20.8 Å². The summed E-state index contributed by atoms with van der Waals surface area (Å²) in [6, 6.07) is 11.8. The molecular formula is C22H31N5O. The Kier molecular flexibility index (Phi) is 6.87. The van der Waals surface area contributed by atoms with E-state index in [0.29, 0.717) is 5.69 Å². The van der Waals surface area contributed by atoms with Crippen LogP contribution < -0.4 is 15.1 Å². The molecular weight excluding hydrogens is 350 g/mol. The molecule has 1 fully saturated rings. The van der Waals surface area contributed by atoms with Gasteiger partial charge in [0.15, 0.2) is 0 Å². The molecule has 2 aromatic rings. The normalized spacial score (nSPS) is 14.8. The van der Waals surface area contributed by atoms with Crippen molar-refractivity contribution in [2.24, 2.45) is 0 Å². The zero-order valence-electron chi connectivity index (χ0n) is 17.2. The molecule has 1 aromatic heterocycles. The molecule has 0 radical (unpaired) electrons. The predicted molar refractivity (Wildman–Crippen MR) is 117 cm³/mol. The van der Waals surface area contributed by atoms with Crippen LogP contribution in [0.3, 0.4) is 0 Å². The van der Waals surface area contributed by atoms with Gasteiger partial charge in [0, 0.05) is 62.5 Å². The standard InChI is InChI=1S/C22H31N5O/c1-4-25-13-15-27(16-14-25)20-11-12-23-21(17-20)22(28)24-18-7-9-19(10-8-18)26(5-2)6-3/h7-12,17H,4-6,13-16H2,1-3H3,(H,24,28). The number of carbonyl (C=O) groups excluding carboxylic acids is 1. The Bertz CT molecular complexity index is 765. The fourth-order valence-corrected chi connectivity index (χ4v) is 3.60. The van der Waals surface area contributed by atoms with Crippen molar-refractivity contribution in [3.63, 3.8) is 0 Å². The maximum absolute atomic E-state index is 12.7. The fraction of sp³-hybridized carbons (Fsp3) is 0.455. The van der Waals surface area contributed by atoms with Gasteiger partial charge in [-0.3, -0.25) is 9.78 Å². The second kappa shape index (κ2) is 9.55. The van der Waals surface area contributed by atoms with E-state index in [1.54, 1.807) is 6.20 Å². The summed E-state index contributed by atoms with van der Waals surface area (Å²) < 4.78 is 0. The minimum atomic E-state index is -0.176. The summed E-state index contributed by atoms with van der Waals surface area (Å²) in [5.41, 5.74) is 3.45. The second-order valence-electron chi connectivity index (χ2n) is 6.99. The van der Waals surface area contributed by atoms with Crippen LogP contribution in [0, 0.1) is 0 Å². The highest BCUT2D eigenvalue weighted by Gasteiger charge is 2.17. The molecule has 0 aliphatic carbocycles. The van der Waals surface area contributed by atoms with Crippen LogP contribution in [-0.2, 0) is 0 Å². The summed E-state index contributed by atoms with van der Waals surface area (Å²) >= 11 is 0. The second-order valence-corrected chi connectivity index (χ2v) is 6.99. The third-order valence-electron chi connectivity index (χ3n) is 5.41. The summed E-state index contributed by atoms with van der Waals surface area (Å²) in [4.78, 5) is 24.0. The molecule has 1 N–H and O–H groups in total. The highest BCUT2D eigenvalue weighted by Crippen LogP contribution is 2.20. The molecule has 28 heavy (non-hydrogen) atoms. The van der Waals surface area contributed by atoms with Crippen molar-refractivity contribution in [3.05, 3.63) is 48.3 Å². The first-order valence-corrected chi connectivity index (χ1v) is 10.2. The number of rotatable bonds is 7. The largest absolute Gasteiger partial charge is 0.372 e. The highest BCUT2D eigenvalue weighted by atomic mass is 16.1. The lowest BCUT2D eigenvalue weighted by Gasteiger charge is -2.35. The molecule has 0 bridgehead atoms. The number of pyridine rings is 1. The van der Waals surface area contributed by atoms with E-state index in [1.807, 2.05) is 36.4 Å². The summed E-state index contributed by atoms with van der Waals surface area (Å²) in [7, 11) is 0. The molecule has 1 saturated heterocycles. The third-order valence-corrected chi connectivity index (χ3v) is 5.41. The van der Waals surface area contributed by atoms with E-state index in [2.05, 4.69) is 45.8 Å². The molecule has 3 rings (SSSR count). The summed E-state index contributed by atoms with van der Waals surface area (Å²) in [5, 5.41) is 2.96. The Morgan fingerprint density at radius 1 is 1.04 bits per heavy atom. The van der Waals surface area contributed by atoms with Gasteiger partial charge in [-0.05, 0) is 56.8 Å². The van der Waals surface area contributed by atoms with E-state index in [-0.39, 0.29) is 5.91 Å². The quantitative estimate of drug-likeness (QED) is 0.797. The third kappa shape index (κ3) is 4.81. The first-order chi connectivity index (χ1) is 13.6. The maximum Gasteiger partial charge on any atom is 0.274 e. The number of carbonyl (C=O) groups is 1. The first-order valence-electron chi connectivity index (χ1n) is 10.2. The number of amides is 1. The zero-order chi connectivity index (χ0) is 19.9. The summed E-state index contributed by atoms with van der Waals surface area (Å²) in [6.07, 6.45) is 1.72. The number of hydrogen-bond acceptors (Lipinski definition) is 5. The Morgan fingerprint density at radius 2 is 1.71 bits per heavy atom. The molecule has 6 nitrogen and oxygen atoms in total. The average Bonchev–Trinajstić information content (AvgIpc) is 2.76. The molecule has 150 valence electrons. The van der Waals surface area contributed by atoms with E-state index < -0.39 is 0 Å². The lowest BCUT2D eigenvalue weighted by atomic mass is 10.2. The Labute approximate surface area is 168 Å². The topological polar surface area (TPSA) is 51.7 Å². The van der Waals surface area contributed by atoms with Gasteiger partial charge in [-0.1, -0.05) is 6.92 Å². The molecule has 0 saturated carbocycles. The van der Waals surface area contributed by atoms with Crippen LogP contribution in [0.4, 0.5) is 17.1 Å². The number of benzene rings is 1. The van der Waals surface area contributed by atoms with Crippen molar-refractivity contribution >= 4 is 23.0 Å². The SMILES string of the molecule is CCN1CCN(c2ccnc(C(=O)Nc3ccc(N(CC)CC)cc3)c2)CC1. The molecule has 0 unspecified atom stereocenters. The highest BCUT2D eigenvalue weighted by molar-refractivity contribution is 6.03. The Morgan fingerprint density at radius 3 is 2.32 bits per heavy atom. The van der Waals surface area contributed by atoms with Crippen LogP contribution in [0.2, 0.25) is 0 Å². The van der Waals surface area contributed by atoms with Gasteiger partial charge in [-0.15, -0.1) is 0 Å². The van der Waals surface area contributed by atoms with Gasteiger partial charge in [0.05, 0.1) is 0 Å². The molecule has 2 heterocycles. The van der Waals surface area contributed by atoms with E-state index in [1.165, 1.54) is 0 Å². The minimum Gasteiger partial charge on any atom is -0.372 e. The van der Waals surface area contributed by atoms with Gasteiger partial charge in [0.25, 0.3) is 5.91 Å². The van der Waals surface area contributed by atoms with Crippen LogP contribution in [0.5, 0.6) is 0 Å². The smallest absolute Gasteiger partial charge is 0.274 e. The molecule has 0 atom stereocenters. The monoisotopic (exact) mass is 381 g/mol. The number of piperazine rings is 1. The number of nitrogens with one attached hydrogen (secondary N) is 1. The van der Waals surface area contributed by atoms with Crippen molar-refractivity contribution in [3.8, 4) is 0 Å². The number of hydrogen-bond donors (Lipinski definition) is 1.